The van der Waals surface area contributed by atoms with Gasteiger partial charge in [0.05, 0.1) is 6.61 Å². The predicted molar refractivity (Wildman–Crippen MR) is 104 cm³/mol. The van der Waals surface area contributed by atoms with Gasteiger partial charge in [0, 0.05) is 33.3 Å². The third-order valence-electron chi connectivity index (χ3n) is 4.24. The van der Waals surface area contributed by atoms with Crippen LogP contribution in [0.25, 0.3) is 0 Å². The summed E-state index contributed by atoms with van der Waals surface area (Å²) < 4.78 is 5.05. The Kier molecular flexibility index (Phi) is 8.28. The number of carbonyl (C=O) groups is 1. The molecule has 2 aromatic carbocycles. The number of carbonyl (C=O) groups excluding carboxylic acids is 1. The van der Waals surface area contributed by atoms with E-state index in [1.165, 1.54) is 5.56 Å². The summed E-state index contributed by atoms with van der Waals surface area (Å²) in [5, 5.41) is 0. The van der Waals surface area contributed by atoms with Gasteiger partial charge in [0.15, 0.2) is 0 Å². The van der Waals surface area contributed by atoms with Crippen molar-refractivity contribution in [2.24, 2.45) is 5.73 Å². The van der Waals surface area contributed by atoms with Crippen molar-refractivity contribution in [3.63, 3.8) is 0 Å². The number of methoxy groups -OCH3 is 1. The number of hydrogen-bond acceptors (Lipinski definition) is 4. The lowest BCUT2D eigenvalue weighted by atomic mass is 10.2. The zero-order valence-corrected chi connectivity index (χ0v) is 15.7. The Hall–Kier alpha value is -2.21. The number of benzene rings is 2. The maximum Gasteiger partial charge on any atom is 0.242 e. The Balaban J connectivity index is 1.97. The Labute approximate surface area is 156 Å². The van der Waals surface area contributed by atoms with E-state index in [1.54, 1.807) is 7.11 Å². The van der Waals surface area contributed by atoms with E-state index in [0.717, 1.165) is 18.7 Å². The number of rotatable bonds is 10. The number of hydrogen-bond donors (Lipinski definition) is 1. The van der Waals surface area contributed by atoms with Crippen LogP contribution in [-0.4, -0.2) is 55.6 Å². The van der Waals surface area contributed by atoms with Gasteiger partial charge in [0.1, 0.15) is 6.04 Å². The largest absolute Gasteiger partial charge is 0.383 e. The molecular formula is C21H29N3O2. The number of likely N-dealkylation sites (N-methyl/N-ethyl adjacent to an activating group) is 1. The van der Waals surface area contributed by atoms with Gasteiger partial charge in [-0.15, -0.1) is 0 Å². The van der Waals surface area contributed by atoms with Crippen LogP contribution in [0.5, 0.6) is 0 Å². The van der Waals surface area contributed by atoms with Crippen LogP contribution in [0.2, 0.25) is 0 Å². The summed E-state index contributed by atoms with van der Waals surface area (Å²) >= 11 is 0. The monoisotopic (exact) mass is 355 g/mol. The molecule has 1 unspecified atom stereocenters. The van der Waals surface area contributed by atoms with E-state index in [9.17, 15) is 4.79 Å². The van der Waals surface area contributed by atoms with Gasteiger partial charge in [-0.1, -0.05) is 60.7 Å². The van der Waals surface area contributed by atoms with Crippen molar-refractivity contribution in [2.45, 2.75) is 19.1 Å². The van der Waals surface area contributed by atoms with Crippen LogP contribution in [-0.2, 0) is 22.6 Å². The molecule has 0 spiro atoms. The number of ether oxygens (including phenoxy) is 1. The Morgan fingerprint density at radius 3 is 2.04 bits per heavy atom. The molecule has 0 saturated heterocycles. The van der Waals surface area contributed by atoms with Crippen LogP contribution >= 0.6 is 0 Å². The van der Waals surface area contributed by atoms with Crippen LogP contribution in [0.15, 0.2) is 60.7 Å². The summed E-state index contributed by atoms with van der Waals surface area (Å²) in [7, 11) is 3.62. The number of nitrogens with zero attached hydrogens (tertiary/aromatic N) is 2. The third-order valence-corrected chi connectivity index (χ3v) is 4.24. The quantitative estimate of drug-likeness (QED) is 0.709. The lowest BCUT2D eigenvalue weighted by Crippen LogP contribution is -2.47. The van der Waals surface area contributed by atoms with Crippen molar-refractivity contribution in [3.05, 3.63) is 71.8 Å². The first-order valence-corrected chi connectivity index (χ1v) is 8.90. The predicted octanol–water partition coefficient (Wildman–Crippen LogP) is 2.12. The third kappa shape index (κ3) is 6.59. The lowest BCUT2D eigenvalue weighted by Gasteiger charge is -2.28. The Bertz CT molecular complexity index is 649. The molecule has 26 heavy (non-hydrogen) atoms. The molecule has 5 heteroatoms. The molecule has 2 aromatic rings. The minimum absolute atomic E-state index is 0.0798. The number of nitrogens with two attached hydrogens (primary N) is 1. The highest BCUT2D eigenvalue weighted by Gasteiger charge is 2.21. The number of amides is 1. The normalized spacial score (nSPS) is 12.2. The second-order valence-corrected chi connectivity index (χ2v) is 6.53. The fourth-order valence-corrected chi connectivity index (χ4v) is 2.82. The fourth-order valence-electron chi connectivity index (χ4n) is 2.82. The summed E-state index contributed by atoms with van der Waals surface area (Å²) in [6.07, 6.45) is 0. The summed E-state index contributed by atoms with van der Waals surface area (Å²) in [6, 6.07) is 19.7. The summed E-state index contributed by atoms with van der Waals surface area (Å²) in [4.78, 5) is 16.7. The second kappa shape index (κ2) is 10.7. The molecule has 0 aliphatic heterocycles. The highest BCUT2D eigenvalue weighted by molar-refractivity contribution is 5.81. The van der Waals surface area contributed by atoms with Crippen molar-refractivity contribution in [1.82, 2.24) is 9.80 Å². The van der Waals surface area contributed by atoms with E-state index in [2.05, 4.69) is 24.1 Å². The summed E-state index contributed by atoms with van der Waals surface area (Å²) in [5.74, 6) is -0.0798. The van der Waals surface area contributed by atoms with Crippen molar-refractivity contribution in [3.8, 4) is 0 Å². The average Bonchev–Trinajstić information content (AvgIpc) is 2.66. The first-order chi connectivity index (χ1) is 12.6. The molecular weight excluding hydrogens is 326 g/mol. The van der Waals surface area contributed by atoms with Crippen molar-refractivity contribution >= 4 is 5.91 Å². The molecule has 0 fully saturated rings. The molecule has 0 aromatic heterocycles. The lowest BCUT2D eigenvalue weighted by molar-refractivity contribution is -0.134. The maximum atomic E-state index is 12.7. The van der Waals surface area contributed by atoms with Gasteiger partial charge in [-0.25, -0.2) is 0 Å². The Morgan fingerprint density at radius 2 is 1.50 bits per heavy atom. The molecule has 1 atom stereocenters. The second-order valence-electron chi connectivity index (χ2n) is 6.53. The van der Waals surface area contributed by atoms with E-state index in [0.29, 0.717) is 13.1 Å². The van der Waals surface area contributed by atoms with Crippen molar-refractivity contribution in [1.29, 1.82) is 0 Å². The van der Waals surface area contributed by atoms with E-state index >= 15 is 0 Å². The maximum absolute atomic E-state index is 12.7. The van der Waals surface area contributed by atoms with Gasteiger partial charge in [0.2, 0.25) is 5.91 Å². The van der Waals surface area contributed by atoms with Gasteiger partial charge in [-0.05, 0) is 18.2 Å². The highest BCUT2D eigenvalue weighted by Crippen LogP contribution is 2.08. The van der Waals surface area contributed by atoms with Crippen LogP contribution < -0.4 is 5.73 Å². The van der Waals surface area contributed by atoms with Crippen LogP contribution in [0.1, 0.15) is 11.1 Å². The van der Waals surface area contributed by atoms with Gasteiger partial charge in [-0.3, -0.25) is 4.79 Å². The standard InChI is InChI=1S/C21H29N3O2/c1-23(15-18-9-5-3-6-10-18)13-14-24(21(25)20(22)17-26-2)16-19-11-7-4-8-12-19/h3-12,20H,13-17,22H2,1-2H3. The van der Waals surface area contributed by atoms with Gasteiger partial charge < -0.3 is 20.3 Å². The van der Waals surface area contributed by atoms with Crippen LogP contribution in [0, 0.1) is 0 Å². The highest BCUT2D eigenvalue weighted by atomic mass is 16.5. The van der Waals surface area contributed by atoms with E-state index in [1.807, 2.05) is 53.4 Å². The van der Waals surface area contributed by atoms with Crippen molar-refractivity contribution < 1.29 is 9.53 Å². The van der Waals surface area contributed by atoms with Gasteiger partial charge in [0.25, 0.3) is 0 Å². The molecule has 2 rings (SSSR count). The zero-order valence-electron chi connectivity index (χ0n) is 15.7. The average molecular weight is 355 g/mol. The molecule has 0 radical (unpaired) electrons. The molecule has 0 bridgehead atoms. The van der Waals surface area contributed by atoms with Gasteiger partial charge in [-0.2, -0.15) is 0 Å². The molecule has 0 heterocycles. The summed E-state index contributed by atoms with van der Waals surface area (Å²) in [6.45, 7) is 3.01. The van der Waals surface area contributed by atoms with E-state index in [4.69, 9.17) is 10.5 Å². The van der Waals surface area contributed by atoms with E-state index in [-0.39, 0.29) is 12.5 Å². The smallest absolute Gasteiger partial charge is 0.242 e. The SMILES string of the molecule is COCC(N)C(=O)N(CCN(C)Cc1ccccc1)Cc1ccccc1. The molecule has 140 valence electrons. The Morgan fingerprint density at radius 1 is 0.962 bits per heavy atom. The topological polar surface area (TPSA) is 58.8 Å². The minimum Gasteiger partial charge on any atom is -0.383 e. The minimum atomic E-state index is -0.636. The molecule has 2 N–H and O–H groups in total. The van der Waals surface area contributed by atoms with Gasteiger partial charge >= 0.3 is 0 Å². The molecule has 0 saturated carbocycles. The molecule has 0 aliphatic rings. The first-order valence-electron chi connectivity index (χ1n) is 8.90. The van der Waals surface area contributed by atoms with E-state index < -0.39 is 6.04 Å². The zero-order chi connectivity index (χ0) is 18.8. The summed E-state index contributed by atoms with van der Waals surface area (Å²) in [5.41, 5.74) is 8.33. The van der Waals surface area contributed by atoms with Crippen LogP contribution in [0.3, 0.4) is 0 Å². The molecule has 0 aliphatic carbocycles. The fraction of sp³-hybridized carbons (Fsp3) is 0.381. The molecule has 5 nitrogen and oxygen atoms in total. The van der Waals surface area contributed by atoms with Crippen molar-refractivity contribution in [2.75, 3.05) is 33.9 Å². The molecule has 1 amide bonds. The van der Waals surface area contributed by atoms with Crippen LogP contribution in [0.4, 0.5) is 0 Å². The first kappa shape index (κ1) is 20.1.